The van der Waals surface area contributed by atoms with Gasteiger partial charge in [-0.1, -0.05) is 36.4 Å². The van der Waals surface area contributed by atoms with Crippen LogP contribution in [0.2, 0.25) is 5.02 Å². The Morgan fingerprint density at radius 2 is 2.30 bits per heavy atom. The highest BCUT2D eigenvalue weighted by Gasteiger charge is 2.12. The second-order valence-corrected chi connectivity index (χ2v) is 6.28. The number of nitrogens with one attached hydrogen (secondary N) is 1. The maximum atomic E-state index is 12.6. The van der Waals surface area contributed by atoms with E-state index in [2.05, 4.69) is 16.9 Å². The van der Waals surface area contributed by atoms with Crippen LogP contribution in [0.4, 0.5) is 0 Å². The normalized spacial score (nSPS) is 10.7. The Balaban J connectivity index is 2.36. The van der Waals surface area contributed by atoms with Crippen LogP contribution in [0.5, 0.6) is 0 Å². The van der Waals surface area contributed by atoms with Crippen molar-refractivity contribution in [1.82, 2.24) is 14.9 Å². The average molecular weight is 352 g/mol. The number of amides is 1. The van der Waals surface area contributed by atoms with Crippen LogP contribution < -0.4 is 10.9 Å². The summed E-state index contributed by atoms with van der Waals surface area (Å²) in [5.74, 6) is 0.123. The topological polar surface area (TPSA) is 64.0 Å². The van der Waals surface area contributed by atoms with Crippen LogP contribution >= 0.6 is 23.4 Å². The summed E-state index contributed by atoms with van der Waals surface area (Å²) in [7, 11) is 0. The zero-order valence-electron chi connectivity index (χ0n) is 12.8. The maximum absolute atomic E-state index is 12.6. The number of fused-ring (bicyclic) bond motifs is 1. The fourth-order valence-electron chi connectivity index (χ4n) is 2.02. The Morgan fingerprint density at radius 1 is 1.52 bits per heavy atom. The van der Waals surface area contributed by atoms with E-state index in [1.165, 1.54) is 16.3 Å². The van der Waals surface area contributed by atoms with Crippen molar-refractivity contribution in [3.8, 4) is 0 Å². The first-order valence-electron chi connectivity index (χ1n) is 7.27. The number of halogens is 1. The van der Waals surface area contributed by atoms with Gasteiger partial charge in [0, 0.05) is 18.1 Å². The number of nitrogens with zero attached hydrogens (tertiary/aromatic N) is 2. The van der Waals surface area contributed by atoms with E-state index in [4.69, 9.17) is 11.6 Å². The lowest BCUT2D eigenvalue weighted by Crippen LogP contribution is -2.27. The molecule has 0 saturated carbocycles. The molecule has 0 fully saturated rings. The highest BCUT2D eigenvalue weighted by atomic mass is 35.5. The van der Waals surface area contributed by atoms with Crippen LogP contribution in [0, 0.1) is 0 Å². The molecule has 122 valence electrons. The minimum atomic E-state index is -0.164. The molecule has 0 unspecified atom stereocenters. The molecule has 0 atom stereocenters. The average Bonchev–Trinajstić information content (AvgIpc) is 2.53. The molecule has 1 amide bonds. The molecule has 1 aromatic carbocycles. The standard InChI is InChI=1S/C16H18ClN3O2S/c1-3-7-18-14(21)10-23-16-19-13-9-11(17)5-6-12(13)15(22)20(16)8-4-2/h4-6,9H,2-3,7-8,10H2,1H3,(H,18,21). The second-order valence-electron chi connectivity index (χ2n) is 4.90. The van der Waals surface area contributed by atoms with Crippen molar-refractivity contribution in [2.24, 2.45) is 0 Å². The lowest BCUT2D eigenvalue weighted by atomic mass is 10.2. The fourth-order valence-corrected chi connectivity index (χ4v) is 3.02. The van der Waals surface area contributed by atoms with E-state index in [0.717, 1.165) is 6.42 Å². The van der Waals surface area contributed by atoms with E-state index in [-0.39, 0.29) is 17.2 Å². The van der Waals surface area contributed by atoms with Crippen molar-refractivity contribution < 1.29 is 4.79 Å². The summed E-state index contributed by atoms with van der Waals surface area (Å²) in [5, 5.41) is 4.29. The van der Waals surface area contributed by atoms with Crippen molar-refractivity contribution >= 4 is 40.2 Å². The lowest BCUT2D eigenvalue weighted by Gasteiger charge is -2.11. The van der Waals surface area contributed by atoms with Crippen molar-refractivity contribution in [3.63, 3.8) is 0 Å². The van der Waals surface area contributed by atoms with Crippen LogP contribution in [0.1, 0.15) is 13.3 Å². The van der Waals surface area contributed by atoms with E-state index < -0.39 is 0 Å². The van der Waals surface area contributed by atoms with Gasteiger partial charge in [0.2, 0.25) is 5.91 Å². The summed E-state index contributed by atoms with van der Waals surface area (Å²) in [4.78, 5) is 28.8. The Hall–Kier alpha value is -1.79. The Labute approximate surface area is 143 Å². The maximum Gasteiger partial charge on any atom is 0.262 e. The van der Waals surface area contributed by atoms with Gasteiger partial charge in [0.15, 0.2) is 5.16 Å². The van der Waals surface area contributed by atoms with Crippen molar-refractivity contribution in [2.45, 2.75) is 25.0 Å². The molecule has 5 nitrogen and oxygen atoms in total. The summed E-state index contributed by atoms with van der Waals surface area (Å²) in [5.41, 5.74) is 0.363. The molecule has 2 rings (SSSR count). The third-order valence-corrected chi connectivity index (χ3v) is 4.31. The molecule has 0 aliphatic rings. The quantitative estimate of drug-likeness (QED) is 0.473. The summed E-state index contributed by atoms with van der Waals surface area (Å²) in [6.07, 6.45) is 2.51. The Bertz CT molecular complexity index is 789. The SMILES string of the molecule is C=CCn1c(SCC(=O)NCCC)nc2cc(Cl)ccc2c1=O. The first kappa shape index (κ1) is 17.6. The molecule has 7 heteroatoms. The predicted molar refractivity (Wildman–Crippen MR) is 95.2 cm³/mol. The van der Waals surface area contributed by atoms with Crippen LogP contribution in [0.25, 0.3) is 10.9 Å². The van der Waals surface area contributed by atoms with Gasteiger partial charge in [-0.2, -0.15) is 0 Å². The molecule has 1 aromatic heterocycles. The minimum absolute atomic E-state index is 0.0811. The van der Waals surface area contributed by atoms with Crippen molar-refractivity contribution in [2.75, 3.05) is 12.3 Å². The molecular formula is C16H18ClN3O2S. The number of carbonyl (C=O) groups is 1. The number of rotatable bonds is 7. The zero-order chi connectivity index (χ0) is 16.8. The molecule has 0 aliphatic carbocycles. The Morgan fingerprint density at radius 3 is 3.00 bits per heavy atom. The van der Waals surface area contributed by atoms with Gasteiger partial charge in [-0.05, 0) is 24.6 Å². The number of hydrogen-bond acceptors (Lipinski definition) is 4. The van der Waals surface area contributed by atoms with E-state index >= 15 is 0 Å². The lowest BCUT2D eigenvalue weighted by molar-refractivity contribution is -0.118. The molecule has 1 heterocycles. The van der Waals surface area contributed by atoms with Crippen molar-refractivity contribution in [1.29, 1.82) is 0 Å². The number of allylic oxidation sites excluding steroid dienone is 1. The summed E-state index contributed by atoms with van der Waals surface area (Å²) < 4.78 is 1.51. The number of benzene rings is 1. The van der Waals surface area contributed by atoms with Gasteiger partial charge < -0.3 is 5.32 Å². The largest absolute Gasteiger partial charge is 0.355 e. The number of thioether (sulfide) groups is 1. The van der Waals surface area contributed by atoms with Crippen LogP contribution in [0.15, 0.2) is 40.8 Å². The van der Waals surface area contributed by atoms with E-state index in [1.807, 2.05) is 6.92 Å². The number of carbonyl (C=O) groups excluding carboxylic acids is 1. The molecule has 0 bridgehead atoms. The predicted octanol–water partition coefficient (Wildman–Crippen LogP) is 2.85. The van der Waals surface area contributed by atoms with Gasteiger partial charge in [0.05, 0.1) is 16.7 Å². The number of aromatic nitrogens is 2. The second kappa shape index (κ2) is 8.17. The van der Waals surface area contributed by atoms with Gasteiger partial charge in [0.1, 0.15) is 0 Å². The first-order valence-corrected chi connectivity index (χ1v) is 8.63. The monoisotopic (exact) mass is 351 g/mol. The molecule has 23 heavy (non-hydrogen) atoms. The minimum Gasteiger partial charge on any atom is -0.355 e. The highest BCUT2D eigenvalue weighted by Crippen LogP contribution is 2.20. The molecule has 0 aliphatic heterocycles. The molecular weight excluding hydrogens is 334 g/mol. The van der Waals surface area contributed by atoms with Crippen molar-refractivity contribution in [3.05, 3.63) is 46.2 Å². The highest BCUT2D eigenvalue weighted by molar-refractivity contribution is 7.99. The number of hydrogen-bond donors (Lipinski definition) is 1. The molecule has 0 saturated heterocycles. The third-order valence-electron chi connectivity index (χ3n) is 3.10. The summed E-state index contributed by atoms with van der Waals surface area (Å²) in [6.45, 7) is 6.64. The van der Waals surface area contributed by atoms with Gasteiger partial charge in [-0.3, -0.25) is 14.2 Å². The molecule has 0 spiro atoms. The smallest absolute Gasteiger partial charge is 0.262 e. The van der Waals surface area contributed by atoms with Crippen LogP contribution in [-0.4, -0.2) is 27.8 Å². The van der Waals surface area contributed by atoms with Gasteiger partial charge >= 0.3 is 0 Å². The van der Waals surface area contributed by atoms with Gasteiger partial charge in [0.25, 0.3) is 5.56 Å². The van der Waals surface area contributed by atoms with Crippen LogP contribution in [0.3, 0.4) is 0 Å². The van der Waals surface area contributed by atoms with E-state index in [9.17, 15) is 9.59 Å². The fraction of sp³-hybridized carbons (Fsp3) is 0.312. The van der Waals surface area contributed by atoms with Gasteiger partial charge in [-0.25, -0.2) is 4.98 Å². The molecule has 1 N–H and O–H groups in total. The summed E-state index contributed by atoms with van der Waals surface area (Å²) in [6, 6.07) is 4.98. The zero-order valence-corrected chi connectivity index (χ0v) is 14.4. The summed E-state index contributed by atoms with van der Waals surface area (Å²) >= 11 is 7.20. The van der Waals surface area contributed by atoms with E-state index in [0.29, 0.717) is 34.2 Å². The Kier molecular flexibility index (Phi) is 6.24. The van der Waals surface area contributed by atoms with E-state index in [1.54, 1.807) is 24.3 Å². The third kappa shape index (κ3) is 4.36. The van der Waals surface area contributed by atoms with Crippen LogP contribution in [-0.2, 0) is 11.3 Å². The molecule has 0 radical (unpaired) electrons. The molecule has 2 aromatic rings. The first-order chi connectivity index (χ1) is 11.1. The van der Waals surface area contributed by atoms with Gasteiger partial charge in [-0.15, -0.1) is 6.58 Å².